The molecule has 1 unspecified atom stereocenters. The van der Waals surface area contributed by atoms with Gasteiger partial charge in [-0.25, -0.2) is 0 Å². The van der Waals surface area contributed by atoms with Gasteiger partial charge in [-0.15, -0.1) is 6.58 Å². The van der Waals surface area contributed by atoms with E-state index in [4.69, 9.17) is 0 Å². The van der Waals surface area contributed by atoms with Crippen molar-refractivity contribution in [3.63, 3.8) is 0 Å². The molecule has 0 fully saturated rings. The molecule has 3 heteroatoms. The maximum Gasteiger partial charge on any atom is 0.249 e. The van der Waals surface area contributed by atoms with Gasteiger partial charge < -0.3 is 10.4 Å². The molecule has 3 nitrogen and oxygen atoms in total. The van der Waals surface area contributed by atoms with Crippen LogP contribution < -0.4 is 5.32 Å². The molecule has 19 heavy (non-hydrogen) atoms. The molecule has 0 aromatic heterocycles. The normalized spacial score (nSPS) is 12.1. The third-order valence-electron chi connectivity index (χ3n) is 3.02. The molecule has 2 aromatic rings. The first-order valence-electron chi connectivity index (χ1n) is 6.25. The van der Waals surface area contributed by atoms with Crippen molar-refractivity contribution in [2.75, 3.05) is 6.54 Å². The van der Waals surface area contributed by atoms with E-state index < -0.39 is 6.10 Å². The predicted molar refractivity (Wildman–Crippen MR) is 76.9 cm³/mol. The zero-order valence-electron chi connectivity index (χ0n) is 10.7. The molecule has 0 heterocycles. The summed E-state index contributed by atoms with van der Waals surface area (Å²) in [6, 6.07) is 13.8. The number of rotatable bonds is 5. The number of amides is 1. The van der Waals surface area contributed by atoms with Crippen molar-refractivity contribution in [3.05, 3.63) is 60.7 Å². The summed E-state index contributed by atoms with van der Waals surface area (Å²) in [6.07, 6.45) is 0.859. The Morgan fingerprint density at radius 2 is 2.00 bits per heavy atom. The van der Waals surface area contributed by atoms with Crippen LogP contribution in [0.1, 0.15) is 5.56 Å². The van der Waals surface area contributed by atoms with Crippen LogP contribution in [0.3, 0.4) is 0 Å². The number of carbonyl (C=O) groups is 1. The monoisotopic (exact) mass is 255 g/mol. The Labute approximate surface area is 112 Å². The Balaban J connectivity index is 2.17. The van der Waals surface area contributed by atoms with Crippen LogP contribution in [0.25, 0.3) is 10.8 Å². The maximum atomic E-state index is 11.6. The molecule has 0 spiro atoms. The van der Waals surface area contributed by atoms with Crippen molar-refractivity contribution in [1.82, 2.24) is 5.32 Å². The van der Waals surface area contributed by atoms with E-state index in [0.29, 0.717) is 13.0 Å². The summed E-state index contributed by atoms with van der Waals surface area (Å²) in [4.78, 5) is 11.6. The van der Waals surface area contributed by atoms with Gasteiger partial charge in [0.25, 0.3) is 0 Å². The maximum absolute atomic E-state index is 11.6. The average Bonchev–Trinajstić information content (AvgIpc) is 2.45. The van der Waals surface area contributed by atoms with Crippen LogP contribution in [0.5, 0.6) is 0 Å². The molecule has 0 saturated heterocycles. The van der Waals surface area contributed by atoms with Gasteiger partial charge >= 0.3 is 0 Å². The Morgan fingerprint density at radius 1 is 1.26 bits per heavy atom. The van der Waals surface area contributed by atoms with E-state index in [1.807, 2.05) is 42.5 Å². The lowest BCUT2D eigenvalue weighted by atomic mass is 9.99. The van der Waals surface area contributed by atoms with Gasteiger partial charge in [0.15, 0.2) is 0 Å². The van der Waals surface area contributed by atoms with Crippen LogP contribution >= 0.6 is 0 Å². The highest BCUT2D eigenvalue weighted by molar-refractivity contribution is 5.87. The first kappa shape index (κ1) is 13.3. The highest BCUT2D eigenvalue weighted by atomic mass is 16.3. The lowest BCUT2D eigenvalue weighted by Crippen LogP contribution is -2.35. The van der Waals surface area contributed by atoms with Gasteiger partial charge in [-0.3, -0.25) is 4.79 Å². The summed E-state index contributed by atoms with van der Waals surface area (Å²) in [6.45, 7) is 3.89. The molecule has 1 atom stereocenters. The van der Waals surface area contributed by atoms with Crippen LogP contribution in [-0.2, 0) is 11.2 Å². The molecule has 0 aliphatic heterocycles. The number of benzene rings is 2. The second-order valence-electron chi connectivity index (χ2n) is 4.39. The largest absolute Gasteiger partial charge is 0.383 e. The van der Waals surface area contributed by atoms with E-state index in [2.05, 4.69) is 11.9 Å². The Morgan fingerprint density at radius 3 is 2.79 bits per heavy atom. The summed E-state index contributed by atoms with van der Waals surface area (Å²) in [7, 11) is 0. The number of aliphatic hydroxyl groups excluding tert-OH is 1. The molecule has 1 amide bonds. The number of hydrogen-bond donors (Lipinski definition) is 2. The van der Waals surface area contributed by atoms with Gasteiger partial charge in [-0.1, -0.05) is 48.5 Å². The van der Waals surface area contributed by atoms with E-state index in [9.17, 15) is 9.90 Å². The minimum atomic E-state index is -1.04. The quantitative estimate of drug-likeness (QED) is 0.803. The lowest BCUT2D eigenvalue weighted by Gasteiger charge is -2.12. The molecule has 0 radical (unpaired) electrons. The summed E-state index contributed by atoms with van der Waals surface area (Å²) in [5.74, 6) is -0.368. The predicted octanol–water partition coefficient (Wildman–Crippen LogP) is 2.05. The van der Waals surface area contributed by atoms with Gasteiger partial charge in [0, 0.05) is 13.0 Å². The third kappa shape index (κ3) is 3.20. The standard InChI is InChI=1S/C16H17NO2/c1-2-10-17-16(19)15(18)11-13-8-5-7-12-6-3-4-9-14(12)13/h2-9,15,18H,1,10-11H2,(H,17,19). The van der Waals surface area contributed by atoms with E-state index in [1.165, 1.54) is 0 Å². The smallest absolute Gasteiger partial charge is 0.249 e. The Hall–Kier alpha value is -2.13. The van der Waals surface area contributed by atoms with Gasteiger partial charge in [0.2, 0.25) is 5.91 Å². The van der Waals surface area contributed by atoms with Crippen LogP contribution in [0.4, 0.5) is 0 Å². The van der Waals surface area contributed by atoms with Crippen LogP contribution in [0.15, 0.2) is 55.1 Å². The SMILES string of the molecule is C=CCNC(=O)C(O)Cc1cccc2ccccc12. The molecular weight excluding hydrogens is 238 g/mol. The van der Waals surface area contributed by atoms with Crippen molar-refractivity contribution >= 4 is 16.7 Å². The molecular formula is C16H17NO2. The fourth-order valence-corrected chi connectivity index (χ4v) is 2.06. The summed E-state index contributed by atoms with van der Waals surface area (Å²) < 4.78 is 0. The van der Waals surface area contributed by atoms with Crippen LogP contribution in [0.2, 0.25) is 0 Å². The van der Waals surface area contributed by atoms with Gasteiger partial charge in [-0.2, -0.15) is 0 Å². The minimum Gasteiger partial charge on any atom is -0.383 e. The summed E-state index contributed by atoms with van der Waals surface area (Å²) >= 11 is 0. The van der Waals surface area contributed by atoms with E-state index in [-0.39, 0.29) is 5.91 Å². The van der Waals surface area contributed by atoms with E-state index in [0.717, 1.165) is 16.3 Å². The van der Waals surface area contributed by atoms with Gasteiger partial charge in [0.1, 0.15) is 6.10 Å². The van der Waals surface area contributed by atoms with Crippen molar-refractivity contribution in [3.8, 4) is 0 Å². The summed E-state index contributed by atoms with van der Waals surface area (Å²) in [5, 5.41) is 14.7. The third-order valence-corrected chi connectivity index (χ3v) is 3.02. The zero-order valence-corrected chi connectivity index (χ0v) is 10.7. The Bertz CT molecular complexity index is 587. The molecule has 2 N–H and O–H groups in total. The number of hydrogen-bond acceptors (Lipinski definition) is 2. The molecule has 98 valence electrons. The van der Waals surface area contributed by atoms with Crippen LogP contribution in [0, 0.1) is 0 Å². The molecule has 0 aliphatic rings. The molecule has 0 aliphatic carbocycles. The zero-order chi connectivity index (χ0) is 13.7. The Kier molecular flexibility index (Phi) is 4.31. The van der Waals surface area contributed by atoms with E-state index >= 15 is 0 Å². The molecule has 2 aromatic carbocycles. The number of nitrogens with one attached hydrogen (secondary N) is 1. The lowest BCUT2D eigenvalue weighted by molar-refractivity contribution is -0.129. The van der Waals surface area contributed by atoms with E-state index in [1.54, 1.807) is 6.08 Å². The minimum absolute atomic E-state index is 0.310. The van der Waals surface area contributed by atoms with Gasteiger partial charge in [0.05, 0.1) is 0 Å². The van der Waals surface area contributed by atoms with Gasteiger partial charge in [-0.05, 0) is 16.3 Å². The molecule has 0 bridgehead atoms. The van der Waals surface area contributed by atoms with Crippen molar-refractivity contribution in [1.29, 1.82) is 0 Å². The molecule has 0 saturated carbocycles. The topological polar surface area (TPSA) is 49.3 Å². The molecule has 2 rings (SSSR count). The van der Waals surface area contributed by atoms with Crippen molar-refractivity contribution in [2.24, 2.45) is 0 Å². The second-order valence-corrected chi connectivity index (χ2v) is 4.39. The highest BCUT2D eigenvalue weighted by Gasteiger charge is 2.15. The number of fused-ring (bicyclic) bond motifs is 1. The summed E-state index contributed by atoms with van der Waals surface area (Å²) in [5.41, 5.74) is 0.972. The van der Waals surface area contributed by atoms with Crippen molar-refractivity contribution < 1.29 is 9.90 Å². The number of aliphatic hydroxyl groups is 1. The fourth-order valence-electron chi connectivity index (χ4n) is 2.06. The second kappa shape index (κ2) is 6.16. The fraction of sp³-hybridized carbons (Fsp3) is 0.188. The highest BCUT2D eigenvalue weighted by Crippen LogP contribution is 2.19. The first-order chi connectivity index (χ1) is 9.22. The first-order valence-corrected chi connectivity index (χ1v) is 6.25. The number of carbonyl (C=O) groups excluding carboxylic acids is 1. The van der Waals surface area contributed by atoms with Crippen molar-refractivity contribution in [2.45, 2.75) is 12.5 Å². The average molecular weight is 255 g/mol. The van der Waals surface area contributed by atoms with Crippen LogP contribution in [-0.4, -0.2) is 23.7 Å².